The maximum atomic E-state index is 13.2. The highest BCUT2D eigenvalue weighted by Gasteiger charge is 2.24. The third kappa shape index (κ3) is 3.95. The molecule has 3 heterocycles. The number of thioether (sulfide) groups is 1. The summed E-state index contributed by atoms with van der Waals surface area (Å²) in [5, 5.41) is 12.3. The number of tetrazole rings is 1. The maximum Gasteiger partial charge on any atom is 0.214 e. The molecular formula is C22H23N5O2S. The molecule has 0 saturated carbocycles. The van der Waals surface area contributed by atoms with Crippen LogP contribution in [0.5, 0.6) is 0 Å². The molecule has 0 aliphatic carbocycles. The zero-order chi connectivity index (χ0) is 21.3. The normalized spacial score (nSPS) is 12.3. The molecule has 154 valence electrons. The number of benzene rings is 1. The first-order valence-electron chi connectivity index (χ1n) is 9.69. The van der Waals surface area contributed by atoms with E-state index in [-0.39, 0.29) is 11.0 Å². The molecule has 0 aliphatic heterocycles. The molecule has 1 atom stereocenters. The van der Waals surface area contributed by atoms with Crippen molar-refractivity contribution in [1.29, 1.82) is 0 Å². The average molecular weight is 422 g/mol. The standard InChI is InChI=1S/C22H23N5O2S/c1-14-7-9-18(10-8-14)27-22(23-24-25-27)30-17(4)21(28)20-12-15(2)26(16(20)3)13-19-6-5-11-29-19/h5-12,17H,13H2,1-4H3/t17-/m0/s1. The van der Waals surface area contributed by atoms with Crippen LogP contribution in [0.4, 0.5) is 0 Å². The van der Waals surface area contributed by atoms with Gasteiger partial charge >= 0.3 is 0 Å². The minimum Gasteiger partial charge on any atom is -0.467 e. The molecule has 0 N–H and O–H groups in total. The lowest BCUT2D eigenvalue weighted by Crippen LogP contribution is -2.16. The van der Waals surface area contributed by atoms with E-state index >= 15 is 0 Å². The van der Waals surface area contributed by atoms with Crippen LogP contribution in [0.15, 0.2) is 58.3 Å². The van der Waals surface area contributed by atoms with Crippen LogP contribution in [0.3, 0.4) is 0 Å². The average Bonchev–Trinajstić information content (AvgIpc) is 3.46. The molecule has 0 aliphatic rings. The van der Waals surface area contributed by atoms with E-state index in [9.17, 15) is 4.79 Å². The molecule has 4 rings (SSSR count). The highest BCUT2D eigenvalue weighted by molar-refractivity contribution is 8.00. The van der Waals surface area contributed by atoms with Gasteiger partial charge in [-0.2, -0.15) is 4.68 Å². The van der Waals surface area contributed by atoms with Crippen molar-refractivity contribution in [1.82, 2.24) is 24.8 Å². The summed E-state index contributed by atoms with van der Waals surface area (Å²) in [4.78, 5) is 13.2. The Morgan fingerprint density at radius 2 is 1.93 bits per heavy atom. The Morgan fingerprint density at radius 1 is 1.17 bits per heavy atom. The second-order valence-corrected chi connectivity index (χ2v) is 8.59. The topological polar surface area (TPSA) is 78.7 Å². The summed E-state index contributed by atoms with van der Waals surface area (Å²) in [7, 11) is 0. The summed E-state index contributed by atoms with van der Waals surface area (Å²) in [6.45, 7) is 8.49. The van der Waals surface area contributed by atoms with Crippen molar-refractivity contribution < 1.29 is 9.21 Å². The Labute approximate surface area is 179 Å². The number of hydrogen-bond donors (Lipinski definition) is 0. The van der Waals surface area contributed by atoms with E-state index < -0.39 is 0 Å². The SMILES string of the molecule is Cc1ccc(-n2nnnc2S[C@@H](C)C(=O)c2cc(C)n(Cc3ccco3)c2C)cc1. The summed E-state index contributed by atoms with van der Waals surface area (Å²) in [5.41, 5.74) is 4.70. The maximum absolute atomic E-state index is 13.2. The number of carbonyl (C=O) groups excluding carboxylic acids is 1. The van der Waals surface area contributed by atoms with Gasteiger partial charge in [0.1, 0.15) is 5.76 Å². The first-order chi connectivity index (χ1) is 14.4. The number of hydrogen-bond acceptors (Lipinski definition) is 6. The molecule has 1 aromatic carbocycles. The van der Waals surface area contributed by atoms with Crippen molar-refractivity contribution in [2.24, 2.45) is 0 Å². The van der Waals surface area contributed by atoms with Gasteiger partial charge in [0.15, 0.2) is 5.78 Å². The molecule has 8 heteroatoms. The highest BCUT2D eigenvalue weighted by Crippen LogP contribution is 2.27. The number of aryl methyl sites for hydroxylation is 2. The second-order valence-electron chi connectivity index (χ2n) is 7.28. The van der Waals surface area contributed by atoms with Crippen LogP contribution in [-0.4, -0.2) is 35.8 Å². The van der Waals surface area contributed by atoms with E-state index in [0.717, 1.165) is 28.4 Å². The van der Waals surface area contributed by atoms with Crippen molar-refractivity contribution >= 4 is 17.5 Å². The molecule has 0 bridgehead atoms. The van der Waals surface area contributed by atoms with Gasteiger partial charge in [-0.15, -0.1) is 5.10 Å². The fourth-order valence-electron chi connectivity index (χ4n) is 3.38. The van der Waals surface area contributed by atoms with Gasteiger partial charge in [-0.1, -0.05) is 29.5 Å². The van der Waals surface area contributed by atoms with Gasteiger partial charge in [-0.05, 0) is 68.5 Å². The fraction of sp³-hybridized carbons (Fsp3) is 0.273. The largest absolute Gasteiger partial charge is 0.467 e. The monoisotopic (exact) mass is 421 g/mol. The number of nitrogens with zero attached hydrogens (tertiary/aromatic N) is 5. The Bertz CT molecular complexity index is 1160. The van der Waals surface area contributed by atoms with Gasteiger partial charge in [0.2, 0.25) is 5.16 Å². The molecule has 0 spiro atoms. The summed E-state index contributed by atoms with van der Waals surface area (Å²) >= 11 is 1.36. The molecule has 4 aromatic rings. The summed E-state index contributed by atoms with van der Waals surface area (Å²) in [6, 6.07) is 13.7. The lowest BCUT2D eigenvalue weighted by atomic mass is 10.1. The quantitative estimate of drug-likeness (QED) is 0.325. The minimum atomic E-state index is -0.335. The molecule has 0 amide bonds. The second kappa shape index (κ2) is 8.31. The molecule has 0 radical (unpaired) electrons. The van der Waals surface area contributed by atoms with Gasteiger partial charge in [0, 0.05) is 17.0 Å². The van der Waals surface area contributed by atoms with E-state index in [1.165, 1.54) is 11.8 Å². The summed E-state index contributed by atoms with van der Waals surface area (Å²) < 4.78 is 9.22. The Morgan fingerprint density at radius 3 is 2.63 bits per heavy atom. The van der Waals surface area contributed by atoms with Crippen molar-refractivity contribution in [3.63, 3.8) is 0 Å². The molecular weight excluding hydrogens is 398 g/mol. The number of aromatic nitrogens is 5. The smallest absolute Gasteiger partial charge is 0.214 e. The lowest BCUT2D eigenvalue weighted by molar-refractivity contribution is 0.0993. The molecule has 3 aromatic heterocycles. The number of ketones is 1. The number of carbonyl (C=O) groups is 1. The van der Waals surface area contributed by atoms with Gasteiger partial charge < -0.3 is 8.98 Å². The van der Waals surface area contributed by atoms with Gasteiger partial charge in [0.25, 0.3) is 0 Å². The zero-order valence-electron chi connectivity index (χ0n) is 17.4. The van der Waals surface area contributed by atoms with E-state index in [0.29, 0.717) is 17.3 Å². The van der Waals surface area contributed by atoms with E-state index in [4.69, 9.17) is 4.42 Å². The van der Waals surface area contributed by atoms with Gasteiger partial charge in [0.05, 0.1) is 23.7 Å². The Balaban J connectivity index is 1.54. The van der Waals surface area contributed by atoms with Crippen molar-refractivity contribution in [3.05, 3.63) is 77.0 Å². The predicted octanol–water partition coefficient (Wildman–Crippen LogP) is 4.39. The van der Waals surface area contributed by atoms with Gasteiger partial charge in [-0.25, -0.2) is 0 Å². The van der Waals surface area contributed by atoms with Crippen molar-refractivity contribution in [2.45, 2.75) is 44.6 Å². The lowest BCUT2D eigenvalue weighted by Gasteiger charge is -2.11. The van der Waals surface area contributed by atoms with E-state index in [1.54, 1.807) is 10.9 Å². The van der Waals surface area contributed by atoms with Crippen LogP contribution < -0.4 is 0 Å². The van der Waals surface area contributed by atoms with Crippen LogP contribution in [0.25, 0.3) is 5.69 Å². The third-order valence-electron chi connectivity index (χ3n) is 5.10. The van der Waals surface area contributed by atoms with Crippen LogP contribution in [-0.2, 0) is 6.54 Å². The minimum absolute atomic E-state index is 0.0530. The number of Topliss-reactive ketones (excluding diaryl/α,β-unsaturated/α-hetero) is 1. The molecule has 0 fully saturated rings. The molecule has 7 nitrogen and oxygen atoms in total. The van der Waals surface area contributed by atoms with Crippen molar-refractivity contribution in [2.75, 3.05) is 0 Å². The number of rotatable bonds is 7. The third-order valence-corrected chi connectivity index (χ3v) is 6.14. The van der Waals surface area contributed by atoms with Crippen LogP contribution in [0.2, 0.25) is 0 Å². The highest BCUT2D eigenvalue weighted by atomic mass is 32.2. The first kappa shape index (κ1) is 20.2. The number of furan rings is 1. The molecule has 0 saturated heterocycles. The summed E-state index contributed by atoms with van der Waals surface area (Å²) in [5.74, 6) is 0.910. The Hall–Kier alpha value is -3.13. The zero-order valence-corrected chi connectivity index (χ0v) is 18.2. The predicted molar refractivity (Wildman–Crippen MR) is 115 cm³/mol. The Kier molecular flexibility index (Phi) is 5.59. The van der Waals surface area contributed by atoms with E-state index in [1.807, 2.05) is 70.2 Å². The summed E-state index contributed by atoms with van der Waals surface area (Å²) in [6.07, 6.45) is 1.66. The van der Waals surface area contributed by atoms with Crippen molar-refractivity contribution in [3.8, 4) is 5.69 Å². The van der Waals surface area contributed by atoms with Crippen LogP contribution in [0.1, 0.15) is 40.0 Å². The van der Waals surface area contributed by atoms with E-state index in [2.05, 4.69) is 20.1 Å². The molecule has 0 unspecified atom stereocenters. The van der Waals surface area contributed by atoms with Crippen LogP contribution >= 0.6 is 11.8 Å². The molecule has 30 heavy (non-hydrogen) atoms. The van der Waals surface area contributed by atoms with Crippen LogP contribution in [0, 0.1) is 20.8 Å². The first-order valence-corrected chi connectivity index (χ1v) is 10.6. The fourth-order valence-corrected chi connectivity index (χ4v) is 4.26. The van der Waals surface area contributed by atoms with Gasteiger partial charge in [-0.3, -0.25) is 4.79 Å².